The second-order valence-corrected chi connectivity index (χ2v) is 10.2. The molecule has 3 aromatic carbocycles. The molecule has 198 valence electrons. The Kier molecular flexibility index (Phi) is 7.93. The molecular weight excluding hydrogens is 513 g/mol. The summed E-state index contributed by atoms with van der Waals surface area (Å²) in [4.78, 5) is 34.9. The molecule has 8 heteroatoms. The van der Waals surface area contributed by atoms with Crippen LogP contribution in [-0.2, 0) is 27.5 Å². The number of benzene rings is 3. The lowest BCUT2D eigenvalue weighted by Gasteiger charge is -2.36. The number of fused-ring (bicyclic) bond motifs is 1. The number of hydrogen-bond donors (Lipinski definition) is 0. The first-order valence-corrected chi connectivity index (χ1v) is 13.5. The van der Waals surface area contributed by atoms with Crippen molar-refractivity contribution in [3.63, 3.8) is 0 Å². The van der Waals surface area contributed by atoms with E-state index in [-0.39, 0.29) is 24.5 Å². The van der Waals surface area contributed by atoms with Gasteiger partial charge in [0.05, 0.1) is 23.7 Å². The second-order valence-electron chi connectivity index (χ2n) is 9.39. The van der Waals surface area contributed by atoms with E-state index < -0.39 is 17.8 Å². The largest absolute Gasteiger partial charge is 0.457 e. The molecule has 39 heavy (non-hydrogen) atoms. The van der Waals surface area contributed by atoms with Crippen molar-refractivity contribution in [2.45, 2.75) is 32.5 Å². The van der Waals surface area contributed by atoms with Gasteiger partial charge in [-0.25, -0.2) is 14.2 Å². The molecule has 0 bridgehead atoms. The van der Waals surface area contributed by atoms with Gasteiger partial charge in [-0.1, -0.05) is 90.6 Å². The van der Waals surface area contributed by atoms with Crippen LogP contribution >= 0.6 is 11.8 Å². The predicted octanol–water partition coefficient (Wildman–Crippen LogP) is 6.19. The van der Waals surface area contributed by atoms with Crippen molar-refractivity contribution in [1.82, 2.24) is 9.80 Å². The van der Waals surface area contributed by atoms with E-state index in [1.165, 1.54) is 17.8 Å². The zero-order chi connectivity index (χ0) is 27.4. The average molecular weight is 542 g/mol. The van der Waals surface area contributed by atoms with Crippen molar-refractivity contribution < 1.29 is 18.7 Å². The van der Waals surface area contributed by atoms with E-state index in [2.05, 4.69) is 4.99 Å². The van der Waals surface area contributed by atoms with Crippen LogP contribution in [0, 0.1) is 5.82 Å². The van der Waals surface area contributed by atoms with Crippen LogP contribution in [0.15, 0.2) is 112 Å². The van der Waals surface area contributed by atoms with E-state index in [9.17, 15) is 9.59 Å². The topological polar surface area (TPSA) is 62.2 Å². The number of esters is 1. The van der Waals surface area contributed by atoms with Crippen LogP contribution < -0.4 is 0 Å². The number of ether oxygens (including phenoxy) is 1. The number of carbonyl (C=O) groups is 2. The van der Waals surface area contributed by atoms with Crippen molar-refractivity contribution in [3.8, 4) is 0 Å². The van der Waals surface area contributed by atoms with Gasteiger partial charge in [0.15, 0.2) is 5.17 Å². The van der Waals surface area contributed by atoms with Gasteiger partial charge >= 0.3 is 5.97 Å². The highest BCUT2D eigenvalue weighted by Gasteiger charge is 2.42. The summed E-state index contributed by atoms with van der Waals surface area (Å²) in [7, 11) is 1.76. The normalized spacial score (nSPS) is 16.4. The Labute approximate surface area is 231 Å². The maximum atomic E-state index is 15.3. The summed E-state index contributed by atoms with van der Waals surface area (Å²) in [5.74, 6) is -1.12. The number of nitrogens with zero attached hydrogens (tertiary/aromatic N) is 3. The number of rotatable bonds is 8. The molecule has 0 aromatic heterocycles. The summed E-state index contributed by atoms with van der Waals surface area (Å²) >= 11 is 1.36. The summed E-state index contributed by atoms with van der Waals surface area (Å²) in [5, 5.41) is 2.45. The molecule has 0 aliphatic carbocycles. The van der Waals surface area contributed by atoms with Crippen LogP contribution in [0.1, 0.15) is 36.1 Å². The summed E-state index contributed by atoms with van der Waals surface area (Å²) in [5.41, 5.74) is 3.54. The lowest BCUT2D eigenvalue weighted by atomic mass is 9.93. The maximum absolute atomic E-state index is 15.3. The van der Waals surface area contributed by atoms with Crippen LogP contribution in [0.25, 0.3) is 0 Å². The second kappa shape index (κ2) is 11.7. The van der Waals surface area contributed by atoms with Crippen molar-refractivity contribution in [2.24, 2.45) is 4.99 Å². The molecule has 2 aliphatic rings. The van der Waals surface area contributed by atoms with Crippen molar-refractivity contribution >= 4 is 28.8 Å². The molecule has 0 saturated carbocycles. The fourth-order valence-corrected chi connectivity index (χ4v) is 5.62. The van der Waals surface area contributed by atoms with Crippen LogP contribution in [0.2, 0.25) is 0 Å². The summed E-state index contributed by atoms with van der Waals surface area (Å²) in [6.45, 7) is 2.28. The Morgan fingerprint density at radius 3 is 2.31 bits per heavy atom. The Morgan fingerprint density at radius 2 is 1.62 bits per heavy atom. The number of halogens is 1. The number of amidine groups is 1. The number of amides is 1. The number of carbonyl (C=O) groups excluding carboxylic acids is 2. The molecule has 0 radical (unpaired) electrons. The number of hydrogen-bond acceptors (Lipinski definition) is 6. The number of thioether (sulfide) groups is 1. The Hall–Kier alpha value is -4.17. The fourth-order valence-electron chi connectivity index (χ4n) is 4.66. The highest BCUT2D eigenvalue weighted by atomic mass is 32.2. The molecular formula is C31H28FN3O3S. The van der Waals surface area contributed by atoms with Gasteiger partial charge in [0.2, 0.25) is 5.91 Å². The molecule has 2 aliphatic heterocycles. The molecule has 0 spiro atoms. The van der Waals surface area contributed by atoms with Gasteiger partial charge in [0.1, 0.15) is 12.4 Å². The Bertz CT molecular complexity index is 1470. The lowest BCUT2D eigenvalue weighted by Crippen LogP contribution is -2.38. The van der Waals surface area contributed by atoms with Gasteiger partial charge in [-0.3, -0.25) is 4.79 Å². The summed E-state index contributed by atoms with van der Waals surface area (Å²) < 4.78 is 20.9. The first-order valence-electron chi connectivity index (χ1n) is 12.6. The lowest BCUT2D eigenvalue weighted by molar-refractivity contribution is -0.141. The first kappa shape index (κ1) is 26.4. The van der Waals surface area contributed by atoms with Gasteiger partial charge in [0, 0.05) is 24.9 Å². The minimum atomic E-state index is -0.824. The molecule has 5 rings (SSSR count). The van der Waals surface area contributed by atoms with Crippen LogP contribution in [0.5, 0.6) is 0 Å². The standard InChI is InChI=1S/C31H28FN3O3S/c1-21-28(30(37)38-19-23-13-7-4-8-14-23)29(25-15-9-10-16-26(25)32)35-24(20-39-31(35)33-21)17-27(36)34(2)18-22-11-5-3-6-12-22/h3-16,20,29H,17-19H2,1-2H3. The third kappa shape index (κ3) is 5.81. The van der Waals surface area contributed by atoms with E-state index in [0.29, 0.717) is 28.7 Å². The third-order valence-corrected chi connectivity index (χ3v) is 7.54. The molecule has 1 unspecified atom stereocenters. The molecule has 3 aromatic rings. The Morgan fingerprint density at radius 1 is 0.974 bits per heavy atom. The number of aliphatic imine (C=N–C) groups is 1. The van der Waals surface area contributed by atoms with Crippen molar-refractivity contribution in [3.05, 3.63) is 130 Å². The smallest absolute Gasteiger partial charge is 0.338 e. The average Bonchev–Trinajstić information content (AvgIpc) is 3.34. The van der Waals surface area contributed by atoms with Crippen LogP contribution in [-0.4, -0.2) is 33.9 Å². The maximum Gasteiger partial charge on any atom is 0.338 e. The molecule has 0 fully saturated rings. The van der Waals surface area contributed by atoms with Gasteiger partial charge in [-0.2, -0.15) is 0 Å². The van der Waals surface area contributed by atoms with Crippen LogP contribution in [0.3, 0.4) is 0 Å². The van der Waals surface area contributed by atoms with Crippen LogP contribution in [0.4, 0.5) is 4.39 Å². The van der Waals surface area contributed by atoms with Gasteiger partial charge in [-0.15, -0.1) is 0 Å². The third-order valence-electron chi connectivity index (χ3n) is 6.65. The molecule has 0 saturated heterocycles. The molecule has 0 N–H and O–H groups in total. The van der Waals surface area contributed by atoms with Gasteiger partial charge < -0.3 is 14.5 Å². The van der Waals surface area contributed by atoms with Crippen molar-refractivity contribution in [2.75, 3.05) is 7.05 Å². The summed E-state index contributed by atoms with van der Waals surface area (Å²) in [6.07, 6.45) is 0.0751. The van der Waals surface area contributed by atoms with E-state index in [4.69, 9.17) is 4.74 Å². The van der Waals surface area contributed by atoms with E-state index in [0.717, 1.165) is 11.1 Å². The SMILES string of the molecule is CC1=C(C(=O)OCc2ccccc2)C(c2ccccc2F)N2C(CC(=O)N(C)Cc3ccccc3)=CSC2=N1. The highest BCUT2D eigenvalue weighted by Crippen LogP contribution is 2.45. The van der Waals surface area contributed by atoms with E-state index >= 15 is 4.39 Å². The molecule has 2 heterocycles. The minimum absolute atomic E-state index is 0.0751. The predicted molar refractivity (Wildman–Crippen MR) is 151 cm³/mol. The van der Waals surface area contributed by atoms with E-state index in [1.807, 2.05) is 66.1 Å². The van der Waals surface area contributed by atoms with Crippen molar-refractivity contribution in [1.29, 1.82) is 0 Å². The van der Waals surface area contributed by atoms with Gasteiger partial charge in [-0.05, 0) is 29.5 Å². The molecule has 6 nitrogen and oxygen atoms in total. The fraction of sp³-hybridized carbons (Fsp3) is 0.194. The molecule has 1 amide bonds. The number of allylic oxidation sites excluding steroid dienone is 1. The Balaban J connectivity index is 1.43. The quantitative estimate of drug-likeness (QED) is 0.318. The minimum Gasteiger partial charge on any atom is -0.457 e. The zero-order valence-electron chi connectivity index (χ0n) is 21.7. The van der Waals surface area contributed by atoms with Gasteiger partial charge in [0.25, 0.3) is 0 Å². The van der Waals surface area contributed by atoms with E-state index in [1.54, 1.807) is 42.0 Å². The molecule has 1 atom stereocenters. The first-order chi connectivity index (χ1) is 18.9. The zero-order valence-corrected chi connectivity index (χ0v) is 22.5. The highest BCUT2D eigenvalue weighted by molar-refractivity contribution is 8.16. The monoisotopic (exact) mass is 541 g/mol. The summed E-state index contributed by atoms with van der Waals surface area (Å²) in [6, 6.07) is 24.7.